The minimum atomic E-state index is 0.0277. The topological polar surface area (TPSA) is 58.6 Å². The third-order valence-corrected chi connectivity index (χ3v) is 3.98. The molecule has 1 aliphatic rings. The highest BCUT2D eigenvalue weighted by molar-refractivity contribution is 5.78. The predicted octanol–water partition coefficient (Wildman–Crippen LogP) is 1.83. The Bertz CT molecular complexity index is 482. The maximum absolute atomic E-state index is 12.1. The molecule has 0 aromatic heterocycles. The van der Waals surface area contributed by atoms with Crippen molar-refractivity contribution < 1.29 is 14.3 Å². The van der Waals surface area contributed by atoms with Crippen LogP contribution in [0.1, 0.15) is 26.2 Å². The molecule has 1 aromatic rings. The maximum atomic E-state index is 12.1. The van der Waals surface area contributed by atoms with E-state index in [0.717, 1.165) is 32.5 Å². The summed E-state index contributed by atoms with van der Waals surface area (Å²) in [5.41, 5.74) is 0. The summed E-state index contributed by atoms with van der Waals surface area (Å²) in [4.78, 5) is 25.2. The number of carbonyl (C=O) groups is 2. The molecule has 1 N–H and O–H groups in total. The molecule has 0 saturated carbocycles. The maximum Gasteiger partial charge on any atom is 0.260 e. The van der Waals surface area contributed by atoms with Gasteiger partial charge in [0.1, 0.15) is 5.75 Å². The Hall–Kier alpha value is -2.04. The normalized spacial score (nSPS) is 15.4. The highest BCUT2D eigenvalue weighted by Crippen LogP contribution is 2.17. The SMILES string of the molecule is CCC(=O)NCC1CCN(C(=O)COc2ccccc2)CC1. The monoisotopic (exact) mass is 304 g/mol. The van der Waals surface area contributed by atoms with Crippen LogP contribution >= 0.6 is 0 Å². The first-order chi connectivity index (χ1) is 10.7. The van der Waals surface area contributed by atoms with Crippen LogP contribution in [0.4, 0.5) is 0 Å². The molecular formula is C17H24N2O3. The fourth-order valence-corrected chi connectivity index (χ4v) is 2.52. The van der Waals surface area contributed by atoms with Crippen molar-refractivity contribution in [3.63, 3.8) is 0 Å². The largest absolute Gasteiger partial charge is 0.484 e. The van der Waals surface area contributed by atoms with E-state index in [-0.39, 0.29) is 18.4 Å². The second kappa shape index (κ2) is 8.41. The summed E-state index contributed by atoms with van der Waals surface area (Å²) in [5.74, 6) is 1.30. The van der Waals surface area contributed by atoms with Crippen LogP contribution in [0, 0.1) is 5.92 Å². The molecule has 22 heavy (non-hydrogen) atoms. The van der Waals surface area contributed by atoms with E-state index in [1.54, 1.807) is 0 Å². The minimum absolute atomic E-state index is 0.0277. The Labute approximate surface area is 131 Å². The molecule has 1 heterocycles. The molecule has 0 spiro atoms. The quantitative estimate of drug-likeness (QED) is 0.872. The van der Waals surface area contributed by atoms with Crippen LogP contribution in [0.2, 0.25) is 0 Å². The summed E-state index contributed by atoms with van der Waals surface area (Å²) in [6.07, 6.45) is 2.39. The lowest BCUT2D eigenvalue weighted by Gasteiger charge is -2.32. The summed E-state index contributed by atoms with van der Waals surface area (Å²) in [7, 11) is 0. The summed E-state index contributed by atoms with van der Waals surface area (Å²) in [6, 6.07) is 9.37. The van der Waals surface area contributed by atoms with Crippen LogP contribution < -0.4 is 10.1 Å². The van der Waals surface area contributed by atoms with Gasteiger partial charge in [0.15, 0.2) is 6.61 Å². The summed E-state index contributed by atoms with van der Waals surface area (Å²) < 4.78 is 5.49. The number of hydrogen-bond acceptors (Lipinski definition) is 3. The van der Waals surface area contributed by atoms with Crippen LogP contribution in [-0.2, 0) is 9.59 Å². The van der Waals surface area contributed by atoms with Gasteiger partial charge in [-0.2, -0.15) is 0 Å². The Kier molecular flexibility index (Phi) is 6.25. The van der Waals surface area contributed by atoms with Gasteiger partial charge in [-0.3, -0.25) is 9.59 Å². The molecule has 0 atom stereocenters. The van der Waals surface area contributed by atoms with E-state index in [4.69, 9.17) is 4.74 Å². The number of piperidine rings is 1. The summed E-state index contributed by atoms with van der Waals surface area (Å²) >= 11 is 0. The predicted molar refractivity (Wildman–Crippen MR) is 84.5 cm³/mol. The van der Waals surface area contributed by atoms with Gasteiger partial charge >= 0.3 is 0 Å². The lowest BCUT2D eigenvalue weighted by atomic mass is 9.96. The van der Waals surface area contributed by atoms with Gasteiger partial charge in [0.05, 0.1) is 0 Å². The number of para-hydroxylation sites is 1. The average Bonchev–Trinajstić information content (AvgIpc) is 2.59. The van der Waals surface area contributed by atoms with Gasteiger partial charge in [0.25, 0.3) is 5.91 Å². The minimum Gasteiger partial charge on any atom is -0.484 e. The number of carbonyl (C=O) groups excluding carboxylic acids is 2. The summed E-state index contributed by atoms with van der Waals surface area (Å²) in [6.45, 7) is 4.13. The molecule has 0 aliphatic carbocycles. The molecule has 120 valence electrons. The molecule has 1 fully saturated rings. The highest BCUT2D eigenvalue weighted by atomic mass is 16.5. The van der Waals surface area contributed by atoms with Gasteiger partial charge in [-0.25, -0.2) is 0 Å². The van der Waals surface area contributed by atoms with Crippen molar-refractivity contribution in [1.82, 2.24) is 10.2 Å². The Morgan fingerprint density at radius 2 is 1.91 bits per heavy atom. The first-order valence-electron chi connectivity index (χ1n) is 7.91. The third-order valence-electron chi connectivity index (χ3n) is 3.98. The van der Waals surface area contributed by atoms with Crippen LogP contribution in [-0.4, -0.2) is 43.0 Å². The van der Waals surface area contributed by atoms with E-state index in [1.165, 1.54) is 0 Å². The third kappa shape index (κ3) is 5.06. The number of ether oxygens (including phenoxy) is 1. The van der Waals surface area contributed by atoms with Gasteiger partial charge in [-0.05, 0) is 30.9 Å². The zero-order valence-electron chi connectivity index (χ0n) is 13.1. The molecule has 0 radical (unpaired) electrons. The van der Waals surface area contributed by atoms with E-state index in [2.05, 4.69) is 5.32 Å². The smallest absolute Gasteiger partial charge is 0.260 e. The van der Waals surface area contributed by atoms with E-state index in [1.807, 2.05) is 42.2 Å². The molecule has 2 rings (SSSR count). The molecule has 0 bridgehead atoms. The van der Waals surface area contributed by atoms with Crippen molar-refractivity contribution in [2.24, 2.45) is 5.92 Å². The van der Waals surface area contributed by atoms with Gasteiger partial charge < -0.3 is 15.0 Å². The van der Waals surface area contributed by atoms with Gasteiger partial charge in [0, 0.05) is 26.1 Å². The van der Waals surface area contributed by atoms with Crippen molar-refractivity contribution in [3.8, 4) is 5.75 Å². The number of nitrogens with zero attached hydrogens (tertiary/aromatic N) is 1. The second-order valence-electron chi connectivity index (χ2n) is 5.58. The second-order valence-corrected chi connectivity index (χ2v) is 5.58. The number of benzene rings is 1. The zero-order valence-corrected chi connectivity index (χ0v) is 13.1. The lowest BCUT2D eigenvalue weighted by Crippen LogP contribution is -2.43. The summed E-state index contributed by atoms with van der Waals surface area (Å²) in [5, 5.41) is 2.93. The first-order valence-corrected chi connectivity index (χ1v) is 7.91. The molecule has 1 aliphatic heterocycles. The fourth-order valence-electron chi connectivity index (χ4n) is 2.52. The van der Waals surface area contributed by atoms with Crippen LogP contribution in [0.25, 0.3) is 0 Å². The molecular weight excluding hydrogens is 280 g/mol. The highest BCUT2D eigenvalue weighted by Gasteiger charge is 2.23. The Balaban J connectivity index is 1.67. The van der Waals surface area contributed by atoms with E-state index < -0.39 is 0 Å². The number of hydrogen-bond donors (Lipinski definition) is 1. The fraction of sp³-hybridized carbons (Fsp3) is 0.529. The van der Waals surface area contributed by atoms with E-state index >= 15 is 0 Å². The molecule has 1 aromatic carbocycles. The Morgan fingerprint density at radius 1 is 1.23 bits per heavy atom. The lowest BCUT2D eigenvalue weighted by molar-refractivity contribution is -0.135. The van der Waals surface area contributed by atoms with Gasteiger partial charge in [-0.1, -0.05) is 25.1 Å². The molecule has 0 unspecified atom stereocenters. The number of likely N-dealkylation sites (tertiary alicyclic amines) is 1. The molecule has 5 nitrogen and oxygen atoms in total. The number of nitrogens with one attached hydrogen (secondary N) is 1. The number of amides is 2. The Morgan fingerprint density at radius 3 is 2.55 bits per heavy atom. The van der Waals surface area contributed by atoms with Crippen molar-refractivity contribution in [2.45, 2.75) is 26.2 Å². The van der Waals surface area contributed by atoms with Crippen molar-refractivity contribution >= 4 is 11.8 Å². The zero-order chi connectivity index (χ0) is 15.8. The number of rotatable bonds is 6. The standard InChI is InChI=1S/C17H24N2O3/c1-2-16(20)18-12-14-8-10-19(11-9-14)17(21)13-22-15-6-4-3-5-7-15/h3-7,14H,2,8-13H2,1H3,(H,18,20). The van der Waals surface area contributed by atoms with Gasteiger partial charge in [-0.15, -0.1) is 0 Å². The van der Waals surface area contributed by atoms with Crippen LogP contribution in [0.5, 0.6) is 5.75 Å². The van der Waals surface area contributed by atoms with E-state index in [9.17, 15) is 9.59 Å². The molecule has 5 heteroatoms. The van der Waals surface area contributed by atoms with Crippen molar-refractivity contribution in [2.75, 3.05) is 26.2 Å². The van der Waals surface area contributed by atoms with Crippen LogP contribution in [0.3, 0.4) is 0 Å². The van der Waals surface area contributed by atoms with Crippen molar-refractivity contribution in [3.05, 3.63) is 30.3 Å². The molecule has 2 amide bonds. The van der Waals surface area contributed by atoms with Gasteiger partial charge in [0.2, 0.25) is 5.91 Å². The first kappa shape index (κ1) is 16.3. The molecule has 1 saturated heterocycles. The van der Waals surface area contributed by atoms with E-state index in [0.29, 0.717) is 18.1 Å². The average molecular weight is 304 g/mol. The van der Waals surface area contributed by atoms with Crippen molar-refractivity contribution in [1.29, 1.82) is 0 Å². The van der Waals surface area contributed by atoms with Crippen LogP contribution in [0.15, 0.2) is 30.3 Å².